The van der Waals surface area contributed by atoms with Crippen LogP contribution in [0.4, 0.5) is 5.69 Å². The molecular weight excluding hydrogens is 376 g/mol. The van der Waals surface area contributed by atoms with Crippen LogP contribution in [0.5, 0.6) is 5.75 Å². The number of anilines is 1. The minimum absolute atomic E-state index is 0.247. The van der Waals surface area contributed by atoms with Gasteiger partial charge in [0.2, 0.25) is 10.0 Å². The normalized spacial score (nSPS) is 20.5. The van der Waals surface area contributed by atoms with E-state index in [1.807, 2.05) is 0 Å². The highest BCUT2D eigenvalue weighted by molar-refractivity contribution is 7.89. The summed E-state index contributed by atoms with van der Waals surface area (Å²) in [6, 6.07) is 13.1. The summed E-state index contributed by atoms with van der Waals surface area (Å²) < 4.78 is 32.5. The minimum Gasteiger partial charge on any atom is -0.497 e. The molecule has 0 saturated carbocycles. The summed E-state index contributed by atoms with van der Waals surface area (Å²) in [5.41, 5.74) is 1.04. The van der Waals surface area contributed by atoms with Gasteiger partial charge in [-0.05, 0) is 66.8 Å². The number of ether oxygens (including phenoxy) is 1. The van der Waals surface area contributed by atoms with Crippen molar-refractivity contribution in [3.63, 3.8) is 0 Å². The zero-order chi connectivity index (χ0) is 20.3. The van der Waals surface area contributed by atoms with Crippen LogP contribution < -0.4 is 10.1 Å². The maximum Gasteiger partial charge on any atom is 0.255 e. The molecular formula is C21H26N2O4S. The van der Waals surface area contributed by atoms with Crippen molar-refractivity contribution in [3.05, 3.63) is 54.1 Å². The molecule has 0 spiro atoms. The van der Waals surface area contributed by atoms with Crippen LogP contribution in [0.15, 0.2) is 53.4 Å². The molecule has 0 aliphatic carbocycles. The van der Waals surface area contributed by atoms with E-state index in [2.05, 4.69) is 19.2 Å². The van der Waals surface area contributed by atoms with Crippen molar-refractivity contribution in [2.75, 3.05) is 25.5 Å². The molecule has 0 bridgehead atoms. The smallest absolute Gasteiger partial charge is 0.255 e. The third kappa shape index (κ3) is 4.54. The fourth-order valence-electron chi connectivity index (χ4n) is 3.61. The van der Waals surface area contributed by atoms with Gasteiger partial charge in [0.05, 0.1) is 12.0 Å². The summed E-state index contributed by atoms with van der Waals surface area (Å²) >= 11 is 0. The van der Waals surface area contributed by atoms with E-state index < -0.39 is 10.0 Å². The molecule has 0 unspecified atom stereocenters. The first kappa shape index (κ1) is 20.4. The number of nitrogens with one attached hydrogen (secondary N) is 1. The van der Waals surface area contributed by atoms with Gasteiger partial charge in [-0.15, -0.1) is 0 Å². The SMILES string of the molecule is COc1ccc(C(=O)Nc2ccc(S(=O)(=O)N3C[C@H](C)C[C@@H](C)C3)cc2)cc1. The largest absolute Gasteiger partial charge is 0.497 e. The van der Waals surface area contributed by atoms with Gasteiger partial charge in [0.1, 0.15) is 5.75 Å². The fraction of sp³-hybridized carbons (Fsp3) is 0.381. The van der Waals surface area contributed by atoms with E-state index in [4.69, 9.17) is 4.74 Å². The van der Waals surface area contributed by atoms with E-state index in [0.717, 1.165) is 6.42 Å². The second kappa shape index (κ2) is 8.32. The number of nitrogens with zero attached hydrogens (tertiary/aromatic N) is 1. The van der Waals surface area contributed by atoms with Crippen molar-refractivity contribution in [1.29, 1.82) is 0 Å². The molecule has 3 rings (SSSR count). The van der Waals surface area contributed by atoms with Crippen molar-refractivity contribution in [2.45, 2.75) is 25.2 Å². The Balaban J connectivity index is 1.71. The molecule has 150 valence electrons. The van der Waals surface area contributed by atoms with E-state index in [0.29, 0.717) is 41.9 Å². The lowest BCUT2D eigenvalue weighted by Gasteiger charge is -2.34. The zero-order valence-electron chi connectivity index (χ0n) is 16.4. The van der Waals surface area contributed by atoms with Gasteiger partial charge in [0.25, 0.3) is 5.91 Å². The lowest BCUT2D eigenvalue weighted by atomic mass is 9.94. The standard InChI is InChI=1S/C21H26N2O4S/c1-15-12-16(2)14-23(13-15)28(25,26)20-10-6-18(7-11-20)22-21(24)17-4-8-19(27-3)9-5-17/h4-11,15-16H,12-14H2,1-3H3,(H,22,24)/t15-,16-/m1/s1. The van der Waals surface area contributed by atoms with Crippen LogP contribution in [0.2, 0.25) is 0 Å². The first-order valence-corrected chi connectivity index (χ1v) is 10.8. The third-order valence-corrected chi connectivity index (χ3v) is 6.78. The maximum absolute atomic E-state index is 12.9. The highest BCUT2D eigenvalue weighted by atomic mass is 32.2. The van der Waals surface area contributed by atoms with Crippen molar-refractivity contribution in [2.24, 2.45) is 11.8 Å². The number of carbonyl (C=O) groups is 1. The van der Waals surface area contributed by atoms with Gasteiger partial charge in [0, 0.05) is 24.3 Å². The summed E-state index contributed by atoms with van der Waals surface area (Å²) in [4.78, 5) is 12.6. The van der Waals surface area contributed by atoms with Gasteiger partial charge in [0.15, 0.2) is 0 Å². The Hall–Kier alpha value is -2.38. The number of sulfonamides is 1. The summed E-state index contributed by atoms with van der Waals surface area (Å²) in [7, 11) is -1.96. The van der Waals surface area contributed by atoms with Crippen LogP contribution >= 0.6 is 0 Å². The van der Waals surface area contributed by atoms with Crippen LogP contribution in [0, 0.1) is 11.8 Å². The second-order valence-corrected chi connectivity index (χ2v) is 9.41. The molecule has 2 aromatic rings. The van der Waals surface area contributed by atoms with E-state index in [9.17, 15) is 13.2 Å². The predicted octanol–water partition coefficient (Wildman–Crippen LogP) is 3.61. The number of carbonyl (C=O) groups excluding carboxylic acids is 1. The molecule has 7 heteroatoms. The Morgan fingerprint density at radius 3 is 2.11 bits per heavy atom. The number of hydrogen-bond donors (Lipinski definition) is 1. The van der Waals surface area contributed by atoms with Crippen molar-refractivity contribution in [1.82, 2.24) is 4.31 Å². The molecule has 28 heavy (non-hydrogen) atoms. The first-order chi connectivity index (χ1) is 13.3. The molecule has 1 saturated heterocycles. The van der Waals surface area contributed by atoms with Crippen molar-refractivity contribution >= 4 is 21.6 Å². The van der Waals surface area contributed by atoms with E-state index in [1.54, 1.807) is 59.9 Å². The average molecular weight is 403 g/mol. The summed E-state index contributed by atoms with van der Waals surface area (Å²) in [5.74, 6) is 1.10. The molecule has 2 aromatic carbocycles. The van der Waals surface area contributed by atoms with Crippen molar-refractivity contribution in [3.8, 4) is 5.75 Å². The molecule has 6 nitrogen and oxygen atoms in total. The molecule has 1 N–H and O–H groups in total. The molecule has 2 atom stereocenters. The quantitative estimate of drug-likeness (QED) is 0.829. The van der Waals surface area contributed by atoms with Crippen LogP contribution in [-0.4, -0.2) is 38.8 Å². The topological polar surface area (TPSA) is 75.7 Å². The third-order valence-electron chi connectivity index (χ3n) is 4.94. The Morgan fingerprint density at radius 1 is 1.00 bits per heavy atom. The predicted molar refractivity (Wildman–Crippen MR) is 109 cm³/mol. The zero-order valence-corrected chi connectivity index (χ0v) is 17.2. The van der Waals surface area contributed by atoms with E-state index in [-0.39, 0.29) is 10.8 Å². The minimum atomic E-state index is -3.53. The highest BCUT2D eigenvalue weighted by Gasteiger charge is 2.31. The molecule has 1 aliphatic rings. The Bertz CT molecular complexity index is 914. The molecule has 0 radical (unpaired) electrons. The molecule has 1 amide bonds. The van der Waals surface area contributed by atoms with Crippen LogP contribution in [0.3, 0.4) is 0 Å². The van der Waals surface area contributed by atoms with Crippen LogP contribution in [-0.2, 0) is 10.0 Å². The fourth-order valence-corrected chi connectivity index (χ4v) is 5.29. The Labute approximate surface area is 166 Å². The maximum atomic E-state index is 12.9. The highest BCUT2D eigenvalue weighted by Crippen LogP contribution is 2.27. The van der Waals surface area contributed by atoms with Crippen LogP contribution in [0.1, 0.15) is 30.6 Å². The van der Waals surface area contributed by atoms with Gasteiger partial charge < -0.3 is 10.1 Å². The monoisotopic (exact) mass is 402 g/mol. The lowest BCUT2D eigenvalue weighted by molar-refractivity contribution is 0.102. The van der Waals surface area contributed by atoms with Gasteiger partial charge in [-0.3, -0.25) is 4.79 Å². The Kier molecular flexibility index (Phi) is 6.05. The Morgan fingerprint density at radius 2 is 1.57 bits per heavy atom. The van der Waals surface area contributed by atoms with E-state index >= 15 is 0 Å². The number of benzene rings is 2. The molecule has 1 aliphatic heterocycles. The summed E-state index contributed by atoms with van der Waals surface area (Å²) in [6.07, 6.45) is 1.04. The molecule has 1 fully saturated rings. The van der Waals surface area contributed by atoms with Gasteiger partial charge in [-0.1, -0.05) is 13.8 Å². The first-order valence-electron chi connectivity index (χ1n) is 9.35. The number of methoxy groups -OCH3 is 1. The van der Waals surface area contributed by atoms with E-state index in [1.165, 1.54) is 0 Å². The molecule has 1 heterocycles. The van der Waals surface area contributed by atoms with Crippen LogP contribution in [0.25, 0.3) is 0 Å². The second-order valence-electron chi connectivity index (χ2n) is 7.48. The van der Waals surface area contributed by atoms with Gasteiger partial charge in [-0.2, -0.15) is 4.31 Å². The van der Waals surface area contributed by atoms with Gasteiger partial charge >= 0.3 is 0 Å². The lowest BCUT2D eigenvalue weighted by Crippen LogP contribution is -2.42. The number of amides is 1. The average Bonchev–Trinajstić information content (AvgIpc) is 2.67. The van der Waals surface area contributed by atoms with Gasteiger partial charge in [-0.25, -0.2) is 8.42 Å². The number of hydrogen-bond acceptors (Lipinski definition) is 4. The number of piperidine rings is 1. The van der Waals surface area contributed by atoms with Crippen molar-refractivity contribution < 1.29 is 17.9 Å². The number of rotatable bonds is 5. The summed E-state index contributed by atoms with van der Waals surface area (Å²) in [5, 5.41) is 2.78. The molecule has 0 aromatic heterocycles. The summed E-state index contributed by atoms with van der Waals surface area (Å²) in [6.45, 7) is 5.25.